The Balaban J connectivity index is 2.21. The molecule has 0 spiro atoms. The van der Waals surface area contributed by atoms with Crippen molar-refractivity contribution in [3.8, 4) is 0 Å². The van der Waals surface area contributed by atoms with Gasteiger partial charge in [-0.3, -0.25) is 0 Å². The van der Waals surface area contributed by atoms with E-state index in [1.807, 2.05) is 12.1 Å². The molecule has 0 aromatic heterocycles. The molecule has 1 aliphatic rings. The summed E-state index contributed by atoms with van der Waals surface area (Å²) in [5, 5.41) is 0. The number of halogens is 1. The fourth-order valence-electron chi connectivity index (χ4n) is 2.85. The molecule has 0 amide bonds. The molecule has 1 atom stereocenters. The fourth-order valence-corrected chi connectivity index (χ4v) is 2.85. The molecule has 100 valence electrons. The van der Waals surface area contributed by atoms with Crippen LogP contribution in [0.4, 0.5) is 10.1 Å². The molecule has 1 fully saturated rings. The van der Waals surface area contributed by atoms with Crippen LogP contribution in [0.2, 0.25) is 0 Å². The van der Waals surface area contributed by atoms with Crippen molar-refractivity contribution >= 4 is 5.69 Å². The first-order valence-corrected chi connectivity index (χ1v) is 7.01. The Morgan fingerprint density at radius 2 is 2.22 bits per heavy atom. The maximum absolute atomic E-state index is 14.2. The molecule has 1 aromatic rings. The van der Waals surface area contributed by atoms with Gasteiger partial charge in [0.2, 0.25) is 0 Å². The van der Waals surface area contributed by atoms with E-state index in [9.17, 15) is 4.39 Å². The van der Waals surface area contributed by atoms with Crippen LogP contribution < -0.4 is 10.6 Å². The lowest BCUT2D eigenvalue weighted by molar-refractivity contribution is 0.443. The van der Waals surface area contributed by atoms with Gasteiger partial charge in [0.05, 0.1) is 5.69 Å². The zero-order valence-electron chi connectivity index (χ0n) is 11.2. The van der Waals surface area contributed by atoms with E-state index in [0.29, 0.717) is 12.6 Å². The quantitative estimate of drug-likeness (QED) is 0.889. The highest BCUT2D eigenvalue weighted by Crippen LogP contribution is 2.29. The third-order valence-electron chi connectivity index (χ3n) is 3.85. The molecule has 1 heterocycles. The second-order valence-corrected chi connectivity index (χ2v) is 5.08. The Labute approximate surface area is 109 Å². The Kier molecular flexibility index (Phi) is 4.59. The van der Waals surface area contributed by atoms with E-state index >= 15 is 0 Å². The number of benzene rings is 1. The Bertz CT molecular complexity index is 392. The van der Waals surface area contributed by atoms with Gasteiger partial charge >= 0.3 is 0 Å². The number of rotatable bonds is 4. The van der Waals surface area contributed by atoms with Crippen molar-refractivity contribution in [1.29, 1.82) is 0 Å². The number of nitrogens with two attached hydrogens (primary N) is 1. The highest BCUT2D eigenvalue weighted by atomic mass is 19.1. The van der Waals surface area contributed by atoms with Crippen LogP contribution in [0.5, 0.6) is 0 Å². The van der Waals surface area contributed by atoms with Crippen LogP contribution in [-0.2, 0) is 6.42 Å². The minimum atomic E-state index is -0.0960. The average Bonchev–Trinajstić information content (AvgIpc) is 2.39. The molecular weight excluding hydrogens is 227 g/mol. The van der Waals surface area contributed by atoms with Crippen LogP contribution in [-0.4, -0.2) is 19.1 Å². The van der Waals surface area contributed by atoms with E-state index in [1.54, 1.807) is 6.07 Å². The lowest BCUT2D eigenvalue weighted by Crippen LogP contribution is -2.39. The van der Waals surface area contributed by atoms with Gasteiger partial charge in [0.15, 0.2) is 0 Å². The second-order valence-electron chi connectivity index (χ2n) is 5.08. The molecule has 0 aliphatic carbocycles. The molecule has 2 nitrogen and oxygen atoms in total. The van der Waals surface area contributed by atoms with Crippen molar-refractivity contribution < 1.29 is 4.39 Å². The zero-order chi connectivity index (χ0) is 13.0. The molecule has 1 saturated heterocycles. The molecule has 1 aromatic carbocycles. The topological polar surface area (TPSA) is 29.3 Å². The first-order chi connectivity index (χ1) is 8.76. The highest BCUT2D eigenvalue weighted by Gasteiger charge is 2.23. The van der Waals surface area contributed by atoms with Gasteiger partial charge in [-0.25, -0.2) is 4.39 Å². The van der Waals surface area contributed by atoms with Gasteiger partial charge in [0.1, 0.15) is 5.82 Å². The Morgan fingerprint density at radius 3 is 2.89 bits per heavy atom. The summed E-state index contributed by atoms with van der Waals surface area (Å²) >= 11 is 0. The lowest BCUT2D eigenvalue weighted by Gasteiger charge is -2.37. The van der Waals surface area contributed by atoms with Gasteiger partial charge in [0.25, 0.3) is 0 Å². The summed E-state index contributed by atoms with van der Waals surface area (Å²) in [6.07, 6.45) is 5.45. The number of piperidine rings is 1. The van der Waals surface area contributed by atoms with Crippen LogP contribution >= 0.6 is 0 Å². The molecule has 0 bridgehead atoms. The second kappa shape index (κ2) is 6.19. The van der Waals surface area contributed by atoms with Crippen molar-refractivity contribution in [2.45, 2.75) is 45.1 Å². The largest absolute Gasteiger partial charge is 0.366 e. The average molecular weight is 250 g/mol. The van der Waals surface area contributed by atoms with Crippen molar-refractivity contribution in [1.82, 2.24) is 0 Å². The Morgan fingerprint density at radius 1 is 1.39 bits per heavy atom. The first-order valence-electron chi connectivity index (χ1n) is 7.01. The predicted molar refractivity (Wildman–Crippen MR) is 74.4 cm³/mol. The molecule has 1 aliphatic heterocycles. The van der Waals surface area contributed by atoms with Crippen LogP contribution in [0.3, 0.4) is 0 Å². The van der Waals surface area contributed by atoms with Gasteiger partial charge in [0, 0.05) is 12.6 Å². The van der Waals surface area contributed by atoms with E-state index in [4.69, 9.17) is 5.73 Å². The van der Waals surface area contributed by atoms with Crippen molar-refractivity contribution in [2.75, 3.05) is 18.0 Å². The van der Waals surface area contributed by atoms with E-state index < -0.39 is 0 Å². The Hall–Kier alpha value is -1.09. The van der Waals surface area contributed by atoms with E-state index in [2.05, 4.69) is 11.8 Å². The zero-order valence-corrected chi connectivity index (χ0v) is 11.2. The molecule has 3 heteroatoms. The molecule has 0 radical (unpaired) electrons. The minimum absolute atomic E-state index is 0.0960. The van der Waals surface area contributed by atoms with Crippen molar-refractivity contribution in [3.05, 3.63) is 29.6 Å². The smallest absolute Gasteiger partial charge is 0.146 e. The van der Waals surface area contributed by atoms with Gasteiger partial charge in [-0.05, 0) is 56.3 Å². The number of anilines is 1. The van der Waals surface area contributed by atoms with Crippen LogP contribution in [0.1, 0.15) is 38.2 Å². The molecule has 0 saturated carbocycles. The summed E-state index contributed by atoms with van der Waals surface area (Å²) < 4.78 is 14.2. The number of hydrogen-bond donors (Lipinski definition) is 1. The third-order valence-corrected chi connectivity index (χ3v) is 3.85. The summed E-state index contributed by atoms with van der Waals surface area (Å²) in [6, 6.07) is 6.07. The standard InChI is InChI=1S/C15H23FN2/c1-2-13-5-3-4-10-18(13)15-7-6-12(8-9-17)11-14(15)16/h6-7,11,13H,2-5,8-10,17H2,1H3. The maximum atomic E-state index is 14.2. The molecule has 18 heavy (non-hydrogen) atoms. The summed E-state index contributed by atoms with van der Waals surface area (Å²) in [5.41, 5.74) is 7.26. The molecular formula is C15H23FN2. The number of nitrogens with zero attached hydrogens (tertiary/aromatic N) is 1. The van der Waals surface area contributed by atoms with Gasteiger partial charge in [-0.2, -0.15) is 0 Å². The summed E-state index contributed by atoms with van der Waals surface area (Å²) in [7, 11) is 0. The third kappa shape index (κ3) is 2.83. The maximum Gasteiger partial charge on any atom is 0.146 e. The van der Waals surface area contributed by atoms with Gasteiger partial charge in [-0.15, -0.1) is 0 Å². The minimum Gasteiger partial charge on any atom is -0.366 e. The van der Waals surface area contributed by atoms with Gasteiger partial charge in [-0.1, -0.05) is 13.0 Å². The van der Waals surface area contributed by atoms with E-state index in [1.165, 1.54) is 19.3 Å². The SMILES string of the molecule is CCC1CCCCN1c1ccc(CCN)cc1F. The van der Waals surface area contributed by atoms with Crippen LogP contribution in [0.25, 0.3) is 0 Å². The lowest BCUT2D eigenvalue weighted by atomic mass is 9.98. The normalized spacial score (nSPS) is 20.2. The monoisotopic (exact) mass is 250 g/mol. The van der Waals surface area contributed by atoms with Crippen LogP contribution in [0.15, 0.2) is 18.2 Å². The van der Waals surface area contributed by atoms with E-state index in [-0.39, 0.29) is 5.82 Å². The summed E-state index contributed by atoms with van der Waals surface area (Å²) in [5.74, 6) is -0.0960. The van der Waals surface area contributed by atoms with Gasteiger partial charge < -0.3 is 10.6 Å². The van der Waals surface area contributed by atoms with E-state index in [0.717, 1.165) is 30.6 Å². The molecule has 2 rings (SSSR count). The fraction of sp³-hybridized carbons (Fsp3) is 0.600. The summed E-state index contributed by atoms with van der Waals surface area (Å²) in [4.78, 5) is 2.24. The first kappa shape index (κ1) is 13.3. The highest BCUT2D eigenvalue weighted by molar-refractivity contribution is 5.50. The predicted octanol–water partition coefficient (Wildman–Crippen LogP) is 3.10. The molecule has 2 N–H and O–H groups in total. The van der Waals surface area contributed by atoms with Crippen LogP contribution in [0, 0.1) is 5.82 Å². The summed E-state index contributed by atoms with van der Waals surface area (Å²) in [6.45, 7) is 3.73. The number of hydrogen-bond acceptors (Lipinski definition) is 2. The van der Waals surface area contributed by atoms with Crippen molar-refractivity contribution in [2.24, 2.45) is 5.73 Å². The molecule has 1 unspecified atom stereocenters. The van der Waals surface area contributed by atoms with Crippen molar-refractivity contribution in [3.63, 3.8) is 0 Å².